The van der Waals surface area contributed by atoms with E-state index in [4.69, 9.17) is 9.84 Å². The number of nitrogens with one attached hydrogen (secondary N) is 1. The second-order valence-corrected chi connectivity index (χ2v) is 4.81. The van der Waals surface area contributed by atoms with Gasteiger partial charge in [0.15, 0.2) is 6.10 Å². The van der Waals surface area contributed by atoms with E-state index in [1.807, 2.05) is 13.0 Å². The molecular weight excluding hydrogens is 268 g/mol. The lowest BCUT2D eigenvalue weighted by Crippen LogP contribution is -2.30. The summed E-state index contributed by atoms with van der Waals surface area (Å²) in [5, 5.41) is 11.8. The highest BCUT2D eigenvalue weighted by molar-refractivity contribution is 5.94. The van der Waals surface area contributed by atoms with E-state index in [0.717, 1.165) is 11.1 Å². The lowest BCUT2D eigenvalue weighted by atomic mass is 10.2. The standard InChI is InChI=1S/C16H18N2O3/c1-11-6-14(9-17-8-11)18-16(20)12(2)21-15-5-3-4-13(7-15)10-19/h3-9,12,19H,10H2,1-2H3,(H,18,20). The summed E-state index contributed by atoms with van der Waals surface area (Å²) >= 11 is 0. The summed E-state index contributed by atoms with van der Waals surface area (Å²) in [6, 6.07) is 8.85. The molecule has 0 aliphatic carbocycles. The van der Waals surface area contributed by atoms with Crippen LogP contribution in [0.3, 0.4) is 0 Å². The highest BCUT2D eigenvalue weighted by Crippen LogP contribution is 2.16. The molecule has 1 aromatic heterocycles. The van der Waals surface area contributed by atoms with Crippen LogP contribution in [0.1, 0.15) is 18.1 Å². The first-order chi connectivity index (χ1) is 10.1. The Morgan fingerprint density at radius 1 is 1.38 bits per heavy atom. The van der Waals surface area contributed by atoms with E-state index in [1.54, 1.807) is 43.6 Å². The molecule has 0 saturated carbocycles. The van der Waals surface area contributed by atoms with Gasteiger partial charge >= 0.3 is 0 Å². The minimum Gasteiger partial charge on any atom is -0.481 e. The van der Waals surface area contributed by atoms with Crippen molar-refractivity contribution in [2.24, 2.45) is 0 Å². The minimum atomic E-state index is -0.653. The molecule has 1 amide bonds. The topological polar surface area (TPSA) is 71.5 Å². The van der Waals surface area contributed by atoms with Gasteiger partial charge in [-0.05, 0) is 43.2 Å². The Kier molecular flexibility index (Phi) is 4.90. The highest BCUT2D eigenvalue weighted by atomic mass is 16.5. The number of anilines is 1. The van der Waals surface area contributed by atoms with Crippen molar-refractivity contribution in [1.82, 2.24) is 4.98 Å². The third kappa shape index (κ3) is 4.29. The fourth-order valence-electron chi connectivity index (χ4n) is 1.84. The lowest BCUT2D eigenvalue weighted by Gasteiger charge is -2.15. The van der Waals surface area contributed by atoms with Crippen LogP contribution in [0.25, 0.3) is 0 Å². The average Bonchev–Trinajstić information content (AvgIpc) is 2.47. The van der Waals surface area contributed by atoms with Crippen molar-refractivity contribution in [3.63, 3.8) is 0 Å². The summed E-state index contributed by atoms with van der Waals surface area (Å²) in [6.45, 7) is 3.51. The van der Waals surface area contributed by atoms with Crippen molar-refractivity contribution in [2.45, 2.75) is 26.6 Å². The molecule has 0 spiro atoms. The van der Waals surface area contributed by atoms with Crippen molar-refractivity contribution in [3.8, 4) is 5.75 Å². The number of rotatable bonds is 5. The summed E-state index contributed by atoms with van der Waals surface area (Å²) in [5.74, 6) is 0.295. The molecule has 1 atom stereocenters. The van der Waals surface area contributed by atoms with Crippen LogP contribution in [0, 0.1) is 6.92 Å². The molecule has 2 aromatic rings. The van der Waals surface area contributed by atoms with Crippen molar-refractivity contribution in [1.29, 1.82) is 0 Å². The van der Waals surface area contributed by atoms with E-state index in [2.05, 4.69) is 10.3 Å². The Morgan fingerprint density at radius 2 is 2.19 bits per heavy atom. The second kappa shape index (κ2) is 6.85. The quantitative estimate of drug-likeness (QED) is 0.884. The molecule has 1 unspecified atom stereocenters. The average molecular weight is 286 g/mol. The normalized spacial score (nSPS) is 11.8. The summed E-state index contributed by atoms with van der Waals surface area (Å²) in [6.07, 6.45) is 2.65. The summed E-state index contributed by atoms with van der Waals surface area (Å²) < 4.78 is 5.58. The number of ether oxygens (including phenoxy) is 1. The molecule has 1 heterocycles. The van der Waals surface area contributed by atoms with E-state index < -0.39 is 6.10 Å². The maximum atomic E-state index is 12.1. The van der Waals surface area contributed by atoms with Crippen LogP contribution in [-0.2, 0) is 11.4 Å². The van der Waals surface area contributed by atoms with Gasteiger partial charge in [-0.2, -0.15) is 0 Å². The predicted octanol–water partition coefficient (Wildman–Crippen LogP) is 2.29. The lowest BCUT2D eigenvalue weighted by molar-refractivity contribution is -0.122. The molecule has 0 saturated heterocycles. The Labute approximate surface area is 123 Å². The number of hydrogen-bond donors (Lipinski definition) is 2. The van der Waals surface area contributed by atoms with Crippen LogP contribution < -0.4 is 10.1 Å². The number of pyridine rings is 1. The molecule has 0 bridgehead atoms. The zero-order valence-corrected chi connectivity index (χ0v) is 12.0. The number of carbonyl (C=O) groups is 1. The number of aryl methyl sites for hydroxylation is 1. The number of aliphatic hydroxyl groups excluding tert-OH is 1. The van der Waals surface area contributed by atoms with Gasteiger partial charge in [-0.3, -0.25) is 9.78 Å². The molecule has 0 aliphatic rings. The zero-order chi connectivity index (χ0) is 15.2. The van der Waals surface area contributed by atoms with Gasteiger partial charge in [-0.25, -0.2) is 0 Å². The number of carbonyl (C=O) groups excluding carboxylic acids is 1. The van der Waals surface area contributed by atoms with Gasteiger partial charge in [-0.15, -0.1) is 0 Å². The van der Waals surface area contributed by atoms with Crippen molar-refractivity contribution in [3.05, 3.63) is 53.9 Å². The molecule has 2 N–H and O–H groups in total. The van der Waals surface area contributed by atoms with Gasteiger partial charge < -0.3 is 15.2 Å². The largest absolute Gasteiger partial charge is 0.481 e. The van der Waals surface area contributed by atoms with Crippen LogP contribution in [-0.4, -0.2) is 22.1 Å². The van der Waals surface area contributed by atoms with Crippen molar-refractivity contribution in [2.75, 3.05) is 5.32 Å². The molecule has 0 fully saturated rings. The van der Waals surface area contributed by atoms with Crippen LogP contribution >= 0.6 is 0 Å². The smallest absolute Gasteiger partial charge is 0.265 e. The fourth-order valence-corrected chi connectivity index (χ4v) is 1.84. The number of hydrogen-bond acceptors (Lipinski definition) is 4. The van der Waals surface area contributed by atoms with Gasteiger partial charge in [0.1, 0.15) is 5.75 Å². The van der Waals surface area contributed by atoms with Gasteiger partial charge in [0, 0.05) is 6.20 Å². The first-order valence-electron chi connectivity index (χ1n) is 6.67. The van der Waals surface area contributed by atoms with Gasteiger partial charge in [-0.1, -0.05) is 12.1 Å². The minimum absolute atomic E-state index is 0.0628. The third-order valence-electron chi connectivity index (χ3n) is 2.91. The number of aromatic nitrogens is 1. The van der Waals surface area contributed by atoms with Crippen molar-refractivity contribution < 1.29 is 14.6 Å². The van der Waals surface area contributed by atoms with E-state index in [1.165, 1.54) is 0 Å². The highest BCUT2D eigenvalue weighted by Gasteiger charge is 2.15. The monoisotopic (exact) mass is 286 g/mol. The third-order valence-corrected chi connectivity index (χ3v) is 2.91. The summed E-state index contributed by atoms with van der Waals surface area (Å²) in [7, 11) is 0. The summed E-state index contributed by atoms with van der Waals surface area (Å²) in [4.78, 5) is 16.1. The van der Waals surface area contributed by atoms with Gasteiger partial charge in [0.2, 0.25) is 0 Å². The predicted molar refractivity (Wildman–Crippen MR) is 80.1 cm³/mol. The number of nitrogens with zero attached hydrogens (tertiary/aromatic N) is 1. The maximum Gasteiger partial charge on any atom is 0.265 e. The van der Waals surface area contributed by atoms with E-state index >= 15 is 0 Å². The number of aliphatic hydroxyl groups is 1. The SMILES string of the molecule is Cc1cncc(NC(=O)C(C)Oc2cccc(CO)c2)c1. The van der Waals surface area contributed by atoms with E-state index in [9.17, 15) is 4.79 Å². The van der Waals surface area contributed by atoms with Crippen LogP contribution in [0.5, 0.6) is 5.75 Å². The number of amides is 1. The number of benzene rings is 1. The van der Waals surface area contributed by atoms with E-state index in [0.29, 0.717) is 11.4 Å². The molecule has 5 nitrogen and oxygen atoms in total. The Balaban J connectivity index is 1.99. The molecule has 5 heteroatoms. The van der Waals surface area contributed by atoms with Crippen LogP contribution in [0.2, 0.25) is 0 Å². The fraction of sp³-hybridized carbons (Fsp3) is 0.250. The second-order valence-electron chi connectivity index (χ2n) is 4.81. The Hall–Kier alpha value is -2.40. The van der Waals surface area contributed by atoms with E-state index in [-0.39, 0.29) is 12.5 Å². The summed E-state index contributed by atoms with van der Waals surface area (Å²) in [5.41, 5.74) is 2.35. The molecular formula is C16H18N2O3. The first-order valence-corrected chi connectivity index (χ1v) is 6.67. The van der Waals surface area contributed by atoms with Crippen LogP contribution in [0.4, 0.5) is 5.69 Å². The molecule has 0 aliphatic heterocycles. The van der Waals surface area contributed by atoms with Crippen molar-refractivity contribution >= 4 is 11.6 Å². The first kappa shape index (κ1) is 15.0. The Morgan fingerprint density at radius 3 is 2.90 bits per heavy atom. The molecule has 110 valence electrons. The van der Waals surface area contributed by atoms with Crippen LogP contribution in [0.15, 0.2) is 42.7 Å². The van der Waals surface area contributed by atoms with Gasteiger partial charge in [0.05, 0.1) is 18.5 Å². The molecule has 2 rings (SSSR count). The molecule has 21 heavy (non-hydrogen) atoms. The molecule has 0 radical (unpaired) electrons. The molecule has 1 aromatic carbocycles. The zero-order valence-electron chi connectivity index (χ0n) is 12.0. The Bertz CT molecular complexity index is 628. The maximum absolute atomic E-state index is 12.1. The van der Waals surface area contributed by atoms with Gasteiger partial charge in [0.25, 0.3) is 5.91 Å².